The van der Waals surface area contributed by atoms with Crippen LogP contribution in [0.2, 0.25) is 0 Å². The first-order valence-corrected chi connectivity index (χ1v) is 11.2. The minimum Gasteiger partial charge on any atom is -0.385 e. The van der Waals surface area contributed by atoms with Gasteiger partial charge in [0.1, 0.15) is 0 Å². The van der Waals surface area contributed by atoms with Gasteiger partial charge in [0.15, 0.2) is 0 Å². The summed E-state index contributed by atoms with van der Waals surface area (Å²) in [5, 5.41) is 4.59. The lowest BCUT2D eigenvalue weighted by Crippen LogP contribution is -2.11. The number of benzene rings is 2. The van der Waals surface area contributed by atoms with Crippen molar-refractivity contribution in [3.05, 3.63) is 48.2 Å². The standard InChI is InChI=1S/C21H25N3O2S/c1-14(2)24-13-19(15-6-9-20-16(11-15)5-4-10-22-20)18-8-7-17(12-21(18)24)23-27(3,25)26/h6-9,11-14,22-23H,4-5,10H2,1-3H3. The molecule has 0 amide bonds. The van der Waals surface area contributed by atoms with Crippen LogP contribution in [0, 0.1) is 0 Å². The maximum Gasteiger partial charge on any atom is 0.229 e. The van der Waals surface area contributed by atoms with E-state index in [9.17, 15) is 8.42 Å². The van der Waals surface area contributed by atoms with Crippen molar-refractivity contribution in [3.8, 4) is 11.1 Å². The summed E-state index contributed by atoms with van der Waals surface area (Å²) in [6, 6.07) is 12.6. The summed E-state index contributed by atoms with van der Waals surface area (Å²) in [4.78, 5) is 0. The quantitative estimate of drug-likeness (QED) is 0.691. The normalized spacial score (nSPS) is 14.2. The van der Waals surface area contributed by atoms with Crippen LogP contribution in [0.25, 0.3) is 22.0 Å². The van der Waals surface area contributed by atoms with Crippen LogP contribution in [-0.4, -0.2) is 25.8 Å². The van der Waals surface area contributed by atoms with Crippen molar-refractivity contribution in [2.45, 2.75) is 32.7 Å². The summed E-state index contributed by atoms with van der Waals surface area (Å²) in [7, 11) is -3.30. The Morgan fingerprint density at radius 2 is 1.96 bits per heavy atom. The van der Waals surface area contributed by atoms with Gasteiger partial charge in [-0.1, -0.05) is 12.1 Å². The molecule has 3 aromatic rings. The van der Waals surface area contributed by atoms with Crippen molar-refractivity contribution < 1.29 is 8.42 Å². The fraction of sp³-hybridized carbons (Fsp3) is 0.333. The first-order chi connectivity index (χ1) is 12.8. The summed E-state index contributed by atoms with van der Waals surface area (Å²) >= 11 is 0. The second kappa shape index (κ2) is 6.60. The average molecular weight is 384 g/mol. The Hall–Kier alpha value is -2.47. The number of fused-ring (bicyclic) bond motifs is 2. The highest BCUT2D eigenvalue weighted by Gasteiger charge is 2.16. The van der Waals surface area contributed by atoms with E-state index in [2.05, 4.69) is 52.8 Å². The largest absolute Gasteiger partial charge is 0.385 e. The van der Waals surface area contributed by atoms with Crippen molar-refractivity contribution in [2.75, 3.05) is 22.8 Å². The van der Waals surface area contributed by atoms with Crippen LogP contribution in [0.15, 0.2) is 42.6 Å². The molecule has 0 unspecified atom stereocenters. The lowest BCUT2D eigenvalue weighted by Gasteiger charge is -2.18. The van der Waals surface area contributed by atoms with E-state index in [0.29, 0.717) is 5.69 Å². The third-order valence-corrected chi connectivity index (χ3v) is 5.65. The number of aryl methyl sites for hydroxylation is 1. The average Bonchev–Trinajstić information content (AvgIpc) is 2.99. The van der Waals surface area contributed by atoms with Crippen LogP contribution < -0.4 is 10.0 Å². The van der Waals surface area contributed by atoms with E-state index in [1.54, 1.807) is 0 Å². The van der Waals surface area contributed by atoms with Gasteiger partial charge in [-0.2, -0.15) is 0 Å². The third kappa shape index (κ3) is 3.54. The highest BCUT2D eigenvalue weighted by Crippen LogP contribution is 2.36. The summed E-state index contributed by atoms with van der Waals surface area (Å²) in [5.41, 5.74) is 6.59. The highest BCUT2D eigenvalue weighted by molar-refractivity contribution is 7.92. The van der Waals surface area contributed by atoms with Crippen molar-refractivity contribution in [3.63, 3.8) is 0 Å². The SMILES string of the molecule is CC(C)n1cc(-c2ccc3c(c2)CCCN3)c2ccc(NS(C)(=O)=O)cc21. The summed E-state index contributed by atoms with van der Waals surface area (Å²) in [6.45, 7) is 5.31. The molecule has 0 atom stereocenters. The van der Waals surface area contributed by atoms with Gasteiger partial charge in [-0.15, -0.1) is 0 Å². The molecule has 0 fully saturated rings. The minimum absolute atomic E-state index is 0.272. The summed E-state index contributed by atoms with van der Waals surface area (Å²) in [5.74, 6) is 0. The molecule has 2 heterocycles. The van der Waals surface area contributed by atoms with Crippen molar-refractivity contribution >= 4 is 32.3 Å². The van der Waals surface area contributed by atoms with Gasteiger partial charge in [-0.05, 0) is 62.1 Å². The predicted octanol–water partition coefficient (Wildman–Crippen LogP) is 4.62. The van der Waals surface area contributed by atoms with E-state index >= 15 is 0 Å². The number of hydrogen-bond donors (Lipinski definition) is 2. The van der Waals surface area contributed by atoms with Gasteiger partial charge in [0.25, 0.3) is 0 Å². The molecule has 6 heteroatoms. The molecule has 2 aromatic carbocycles. The van der Waals surface area contributed by atoms with Crippen LogP contribution in [0.5, 0.6) is 0 Å². The van der Waals surface area contributed by atoms with Gasteiger partial charge in [0, 0.05) is 35.4 Å². The van der Waals surface area contributed by atoms with Gasteiger partial charge in [0.2, 0.25) is 10.0 Å². The Labute approximate surface area is 160 Å². The molecule has 4 rings (SSSR count). The van der Waals surface area contributed by atoms with Crippen molar-refractivity contribution in [1.29, 1.82) is 0 Å². The molecule has 1 aliphatic rings. The van der Waals surface area contributed by atoms with Gasteiger partial charge >= 0.3 is 0 Å². The van der Waals surface area contributed by atoms with E-state index in [1.807, 2.05) is 18.2 Å². The Morgan fingerprint density at radius 1 is 1.15 bits per heavy atom. The molecule has 0 saturated heterocycles. The molecule has 1 aliphatic heterocycles. The van der Waals surface area contributed by atoms with Gasteiger partial charge in [-0.25, -0.2) is 8.42 Å². The zero-order valence-electron chi connectivity index (χ0n) is 15.9. The van der Waals surface area contributed by atoms with E-state index in [1.165, 1.54) is 28.6 Å². The molecule has 2 N–H and O–H groups in total. The molecule has 0 spiro atoms. The van der Waals surface area contributed by atoms with E-state index < -0.39 is 10.0 Å². The van der Waals surface area contributed by atoms with E-state index in [0.717, 1.165) is 30.3 Å². The number of rotatable bonds is 4. The van der Waals surface area contributed by atoms with Gasteiger partial charge in [-0.3, -0.25) is 4.72 Å². The molecule has 0 saturated carbocycles. The first kappa shape index (κ1) is 17.9. The van der Waals surface area contributed by atoms with Gasteiger partial charge < -0.3 is 9.88 Å². The molecular weight excluding hydrogens is 358 g/mol. The third-order valence-electron chi connectivity index (χ3n) is 5.05. The number of nitrogens with zero attached hydrogens (tertiary/aromatic N) is 1. The molecule has 0 aliphatic carbocycles. The maximum atomic E-state index is 11.6. The first-order valence-electron chi connectivity index (χ1n) is 9.31. The molecule has 142 valence electrons. The monoisotopic (exact) mass is 383 g/mol. The molecule has 0 bridgehead atoms. The second-order valence-corrected chi connectivity index (χ2v) is 9.30. The predicted molar refractivity (Wildman–Crippen MR) is 113 cm³/mol. The zero-order chi connectivity index (χ0) is 19.2. The Kier molecular flexibility index (Phi) is 4.38. The second-order valence-electron chi connectivity index (χ2n) is 7.55. The van der Waals surface area contributed by atoms with E-state index in [4.69, 9.17) is 0 Å². The summed E-state index contributed by atoms with van der Waals surface area (Å²) in [6.07, 6.45) is 5.61. The van der Waals surface area contributed by atoms with Crippen LogP contribution in [0.3, 0.4) is 0 Å². The topological polar surface area (TPSA) is 63.1 Å². The number of hydrogen-bond acceptors (Lipinski definition) is 3. The molecule has 1 aromatic heterocycles. The smallest absolute Gasteiger partial charge is 0.229 e. The van der Waals surface area contributed by atoms with Crippen LogP contribution >= 0.6 is 0 Å². The van der Waals surface area contributed by atoms with Crippen molar-refractivity contribution in [2.24, 2.45) is 0 Å². The Bertz CT molecular complexity index is 1110. The fourth-order valence-electron chi connectivity index (χ4n) is 3.83. The lowest BCUT2D eigenvalue weighted by atomic mass is 9.97. The molecule has 0 radical (unpaired) electrons. The summed E-state index contributed by atoms with van der Waals surface area (Å²) < 4.78 is 28.0. The number of sulfonamides is 1. The Balaban J connectivity index is 1.86. The van der Waals surface area contributed by atoms with Crippen LogP contribution in [-0.2, 0) is 16.4 Å². The maximum absolute atomic E-state index is 11.6. The minimum atomic E-state index is -3.30. The molecule has 5 nitrogen and oxygen atoms in total. The molecular formula is C21H25N3O2S. The van der Waals surface area contributed by atoms with E-state index in [-0.39, 0.29) is 6.04 Å². The van der Waals surface area contributed by atoms with Gasteiger partial charge in [0.05, 0.1) is 17.5 Å². The number of aromatic nitrogens is 1. The van der Waals surface area contributed by atoms with Crippen molar-refractivity contribution in [1.82, 2.24) is 4.57 Å². The van der Waals surface area contributed by atoms with Crippen LogP contribution in [0.4, 0.5) is 11.4 Å². The number of anilines is 2. The number of nitrogens with one attached hydrogen (secondary N) is 2. The highest BCUT2D eigenvalue weighted by atomic mass is 32.2. The fourth-order valence-corrected chi connectivity index (χ4v) is 4.38. The lowest BCUT2D eigenvalue weighted by molar-refractivity contribution is 0.607. The Morgan fingerprint density at radius 3 is 2.70 bits per heavy atom. The molecule has 27 heavy (non-hydrogen) atoms. The van der Waals surface area contributed by atoms with Crippen LogP contribution in [0.1, 0.15) is 31.9 Å². The zero-order valence-corrected chi connectivity index (χ0v) is 16.7.